The van der Waals surface area contributed by atoms with Gasteiger partial charge in [0.1, 0.15) is 9.84 Å². The van der Waals surface area contributed by atoms with Crippen LogP contribution in [0.15, 0.2) is 0 Å². The first kappa shape index (κ1) is 12.9. The van der Waals surface area contributed by atoms with Crippen molar-refractivity contribution in [2.24, 2.45) is 11.7 Å². The van der Waals surface area contributed by atoms with E-state index in [2.05, 4.69) is 0 Å². The van der Waals surface area contributed by atoms with Crippen LogP contribution in [0, 0.1) is 5.92 Å². The van der Waals surface area contributed by atoms with Gasteiger partial charge in [-0.2, -0.15) is 0 Å². The first-order chi connectivity index (χ1) is 5.90. The molecule has 0 rings (SSSR count). The maximum atomic E-state index is 10.9. The van der Waals surface area contributed by atoms with E-state index in [1.165, 1.54) is 0 Å². The molecule has 0 spiro atoms. The number of rotatable bonds is 6. The van der Waals surface area contributed by atoms with Crippen LogP contribution in [-0.4, -0.2) is 38.2 Å². The molecule has 2 unspecified atom stereocenters. The normalized spacial score (nSPS) is 16.9. The summed E-state index contributed by atoms with van der Waals surface area (Å²) in [5, 5.41) is 9.52. The van der Waals surface area contributed by atoms with Crippen molar-refractivity contribution in [1.82, 2.24) is 0 Å². The fraction of sp³-hybridized carbons (Fsp3) is 1.00. The minimum absolute atomic E-state index is 0.0975. The predicted molar refractivity (Wildman–Crippen MR) is 53.2 cm³/mol. The lowest BCUT2D eigenvalue weighted by atomic mass is 9.99. The average Bonchev–Trinajstić information content (AvgIpc) is 1.96. The summed E-state index contributed by atoms with van der Waals surface area (Å²) >= 11 is 0. The number of hydrogen-bond acceptors (Lipinski definition) is 4. The van der Waals surface area contributed by atoms with Crippen LogP contribution in [0.1, 0.15) is 19.8 Å². The third kappa shape index (κ3) is 6.01. The van der Waals surface area contributed by atoms with Gasteiger partial charge in [-0.15, -0.1) is 0 Å². The van der Waals surface area contributed by atoms with Gasteiger partial charge in [0.2, 0.25) is 0 Å². The molecule has 0 saturated heterocycles. The van der Waals surface area contributed by atoms with Gasteiger partial charge in [0.15, 0.2) is 0 Å². The third-order valence-corrected chi connectivity index (χ3v) is 2.93. The van der Waals surface area contributed by atoms with Crippen LogP contribution >= 0.6 is 0 Å². The van der Waals surface area contributed by atoms with E-state index in [0.29, 0.717) is 6.54 Å². The summed E-state index contributed by atoms with van der Waals surface area (Å²) in [7, 11) is -3.10. The second-order valence-electron chi connectivity index (χ2n) is 3.44. The molecule has 2 atom stereocenters. The van der Waals surface area contributed by atoms with Crippen LogP contribution in [0.3, 0.4) is 0 Å². The van der Waals surface area contributed by atoms with Crippen molar-refractivity contribution in [3.8, 4) is 0 Å². The second kappa shape index (κ2) is 5.57. The molecule has 0 radical (unpaired) electrons. The molecule has 0 heterocycles. The SMILES string of the molecule is CCCC(CN)C(O)CS(C)(=O)=O. The van der Waals surface area contributed by atoms with E-state index >= 15 is 0 Å². The highest BCUT2D eigenvalue weighted by Crippen LogP contribution is 2.11. The molecule has 3 N–H and O–H groups in total. The lowest BCUT2D eigenvalue weighted by Crippen LogP contribution is -2.33. The van der Waals surface area contributed by atoms with Crippen LogP contribution < -0.4 is 5.73 Å². The van der Waals surface area contributed by atoms with Crippen molar-refractivity contribution >= 4 is 9.84 Å². The van der Waals surface area contributed by atoms with Crippen molar-refractivity contribution in [3.05, 3.63) is 0 Å². The van der Waals surface area contributed by atoms with E-state index in [1.54, 1.807) is 0 Å². The molecular formula is C8H19NO3S. The van der Waals surface area contributed by atoms with Crippen LogP contribution in [0.2, 0.25) is 0 Å². The summed E-state index contributed by atoms with van der Waals surface area (Å²) in [6.07, 6.45) is 1.98. The molecule has 0 aliphatic carbocycles. The van der Waals surface area contributed by atoms with E-state index in [-0.39, 0.29) is 11.7 Å². The van der Waals surface area contributed by atoms with Crippen LogP contribution in [0.25, 0.3) is 0 Å². The number of nitrogens with two attached hydrogens (primary N) is 1. The van der Waals surface area contributed by atoms with Gasteiger partial charge in [0.05, 0.1) is 11.9 Å². The average molecular weight is 209 g/mol. The fourth-order valence-electron chi connectivity index (χ4n) is 1.28. The molecule has 0 aliphatic rings. The topological polar surface area (TPSA) is 80.4 Å². The summed E-state index contributed by atoms with van der Waals surface area (Å²) in [6, 6.07) is 0. The van der Waals surface area contributed by atoms with E-state index in [0.717, 1.165) is 19.1 Å². The van der Waals surface area contributed by atoms with Gasteiger partial charge in [-0.25, -0.2) is 8.42 Å². The zero-order chi connectivity index (χ0) is 10.5. The molecule has 0 aromatic heterocycles. The van der Waals surface area contributed by atoms with Gasteiger partial charge < -0.3 is 10.8 Å². The Labute approximate surface area is 80.1 Å². The number of hydrogen-bond donors (Lipinski definition) is 2. The molecule has 13 heavy (non-hydrogen) atoms. The number of aliphatic hydroxyl groups is 1. The van der Waals surface area contributed by atoms with Gasteiger partial charge in [0.25, 0.3) is 0 Å². The zero-order valence-corrected chi connectivity index (χ0v) is 9.05. The van der Waals surface area contributed by atoms with Gasteiger partial charge in [-0.05, 0) is 18.9 Å². The third-order valence-electron chi connectivity index (χ3n) is 1.98. The summed E-state index contributed by atoms with van der Waals surface area (Å²) in [4.78, 5) is 0. The quantitative estimate of drug-likeness (QED) is 0.633. The van der Waals surface area contributed by atoms with Gasteiger partial charge in [0, 0.05) is 6.26 Å². The Hall–Kier alpha value is -0.130. The molecule has 0 fully saturated rings. The van der Waals surface area contributed by atoms with Crippen molar-refractivity contribution in [1.29, 1.82) is 0 Å². The summed E-state index contributed by atoms with van der Waals surface area (Å²) in [5.74, 6) is -0.283. The molecule has 0 saturated carbocycles. The maximum absolute atomic E-state index is 10.9. The monoisotopic (exact) mass is 209 g/mol. The number of sulfone groups is 1. The van der Waals surface area contributed by atoms with Gasteiger partial charge >= 0.3 is 0 Å². The second-order valence-corrected chi connectivity index (χ2v) is 5.63. The molecule has 5 heteroatoms. The predicted octanol–water partition coefficient (Wildman–Crippen LogP) is -0.233. The number of aliphatic hydroxyl groups excluding tert-OH is 1. The van der Waals surface area contributed by atoms with Crippen molar-refractivity contribution in [2.75, 3.05) is 18.6 Å². The van der Waals surface area contributed by atoms with E-state index in [1.807, 2.05) is 6.92 Å². The maximum Gasteiger partial charge on any atom is 0.150 e. The Kier molecular flexibility index (Phi) is 5.51. The standard InChI is InChI=1S/C8H19NO3S/c1-3-4-7(5-9)8(10)6-13(2,11)12/h7-8,10H,3-6,9H2,1-2H3. The van der Waals surface area contributed by atoms with Crippen molar-refractivity contribution in [3.63, 3.8) is 0 Å². The first-order valence-corrected chi connectivity index (χ1v) is 6.52. The molecule has 0 aliphatic heterocycles. The Morgan fingerprint density at radius 1 is 1.46 bits per heavy atom. The summed E-state index contributed by atoms with van der Waals surface area (Å²) < 4.78 is 21.7. The van der Waals surface area contributed by atoms with E-state index < -0.39 is 15.9 Å². The zero-order valence-electron chi connectivity index (χ0n) is 8.23. The van der Waals surface area contributed by atoms with E-state index in [4.69, 9.17) is 5.73 Å². The molecule has 0 bridgehead atoms. The largest absolute Gasteiger partial charge is 0.392 e. The summed E-state index contributed by atoms with van der Waals surface area (Å²) in [5.41, 5.74) is 5.42. The fourth-order valence-corrected chi connectivity index (χ4v) is 2.18. The van der Waals surface area contributed by atoms with Crippen LogP contribution in [0.4, 0.5) is 0 Å². The first-order valence-electron chi connectivity index (χ1n) is 4.46. The van der Waals surface area contributed by atoms with Crippen LogP contribution in [0.5, 0.6) is 0 Å². The highest BCUT2D eigenvalue weighted by atomic mass is 32.2. The lowest BCUT2D eigenvalue weighted by Gasteiger charge is -2.19. The summed E-state index contributed by atoms with van der Waals surface area (Å²) in [6.45, 7) is 2.32. The van der Waals surface area contributed by atoms with E-state index in [9.17, 15) is 13.5 Å². The Bertz CT molecular complexity index is 226. The molecule has 80 valence electrons. The Morgan fingerprint density at radius 2 is 2.00 bits per heavy atom. The smallest absolute Gasteiger partial charge is 0.150 e. The highest BCUT2D eigenvalue weighted by Gasteiger charge is 2.20. The Morgan fingerprint density at radius 3 is 2.31 bits per heavy atom. The van der Waals surface area contributed by atoms with Gasteiger partial charge in [-0.1, -0.05) is 13.3 Å². The minimum Gasteiger partial charge on any atom is -0.392 e. The van der Waals surface area contributed by atoms with Crippen molar-refractivity contribution in [2.45, 2.75) is 25.9 Å². The molecule has 4 nitrogen and oxygen atoms in total. The van der Waals surface area contributed by atoms with Gasteiger partial charge in [-0.3, -0.25) is 0 Å². The van der Waals surface area contributed by atoms with Crippen molar-refractivity contribution < 1.29 is 13.5 Å². The lowest BCUT2D eigenvalue weighted by molar-refractivity contribution is 0.126. The molecule has 0 aromatic carbocycles. The minimum atomic E-state index is -3.10. The molecular weight excluding hydrogens is 190 g/mol. The highest BCUT2D eigenvalue weighted by molar-refractivity contribution is 7.90. The Balaban J connectivity index is 4.13. The van der Waals surface area contributed by atoms with Crippen LogP contribution in [-0.2, 0) is 9.84 Å². The molecule has 0 aromatic rings. The molecule has 0 amide bonds.